The number of fused-ring (bicyclic) bond motifs is 6. The molecular formula is C47H63N7O8. The van der Waals surface area contributed by atoms with Gasteiger partial charge in [-0.1, -0.05) is 39.8 Å². The SMILES string of the molecule is CCn1c(-c2cnccc2COC)c2c3cc(ccc31)-c1cc(O)cc(c1)C[C@H](NC(=O)[C@H](C(C)C)N(C)C(=O)CCCCN)C(=O)N1CCC[C@@](O)(N1)C(=O)OCC(C)(C)C2. The van der Waals surface area contributed by atoms with Crippen molar-refractivity contribution < 1.29 is 38.9 Å². The summed E-state index contributed by atoms with van der Waals surface area (Å²) in [4.78, 5) is 61.9. The zero-order valence-electron chi connectivity index (χ0n) is 37.1. The largest absolute Gasteiger partial charge is 0.508 e. The van der Waals surface area contributed by atoms with Crippen LogP contribution in [-0.2, 0) is 54.6 Å². The number of esters is 1. The third-order valence-corrected chi connectivity index (χ3v) is 12.0. The van der Waals surface area contributed by atoms with Crippen molar-refractivity contribution in [2.45, 2.75) is 111 Å². The van der Waals surface area contributed by atoms with Crippen LogP contribution in [0.3, 0.4) is 0 Å². The van der Waals surface area contributed by atoms with Crippen molar-refractivity contribution in [2.75, 3.05) is 33.9 Å². The Kier molecular flexibility index (Phi) is 14.4. The number of nitrogens with two attached hydrogens (primary N) is 1. The summed E-state index contributed by atoms with van der Waals surface area (Å²) in [6, 6.07) is 11.1. The number of methoxy groups -OCH3 is 1. The number of benzene rings is 2. The Bertz CT molecular complexity index is 2290. The summed E-state index contributed by atoms with van der Waals surface area (Å²) < 4.78 is 13.8. The Balaban J connectivity index is 1.49. The van der Waals surface area contributed by atoms with E-state index in [1.54, 1.807) is 32.5 Å². The lowest BCUT2D eigenvalue weighted by atomic mass is 9.84. The molecule has 4 heterocycles. The number of hydrogen-bond donors (Lipinski definition) is 5. The summed E-state index contributed by atoms with van der Waals surface area (Å²) in [6.07, 6.45) is 5.71. The molecule has 0 spiro atoms. The van der Waals surface area contributed by atoms with Crippen LogP contribution < -0.4 is 16.5 Å². The van der Waals surface area contributed by atoms with E-state index in [9.17, 15) is 29.4 Å². The summed E-state index contributed by atoms with van der Waals surface area (Å²) in [5, 5.41) is 28.1. The number of nitrogens with zero attached hydrogens (tertiary/aromatic N) is 4. The molecule has 0 unspecified atom stereocenters. The minimum absolute atomic E-state index is 0.0182. The van der Waals surface area contributed by atoms with Crippen LogP contribution in [0, 0.1) is 11.3 Å². The molecule has 3 amide bonds. The van der Waals surface area contributed by atoms with Gasteiger partial charge in [-0.15, -0.1) is 0 Å². The zero-order valence-corrected chi connectivity index (χ0v) is 37.1. The molecule has 15 heteroatoms. The van der Waals surface area contributed by atoms with Crippen molar-refractivity contribution in [3.05, 3.63) is 71.5 Å². The second-order valence-corrected chi connectivity index (χ2v) is 17.8. The highest BCUT2D eigenvalue weighted by Gasteiger charge is 2.45. The summed E-state index contributed by atoms with van der Waals surface area (Å²) in [7, 11) is 3.24. The van der Waals surface area contributed by atoms with Gasteiger partial charge in [-0.3, -0.25) is 24.4 Å². The van der Waals surface area contributed by atoms with Crippen LogP contribution in [0.15, 0.2) is 54.9 Å². The van der Waals surface area contributed by atoms with Gasteiger partial charge in [-0.05, 0) is 103 Å². The number of aromatic hydroxyl groups is 1. The number of aliphatic hydroxyl groups is 1. The lowest BCUT2D eigenvalue weighted by Gasteiger charge is -2.40. The number of carbonyl (C=O) groups is 4. The maximum absolute atomic E-state index is 14.6. The van der Waals surface area contributed by atoms with Crippen LogP contribution in [0.1, 0.15) is 83.4 Å². The number of ether oxygens (including phenoxy) is 2. The molecule has 6 bridgehead atoms. The molecule has 3 atom stereocenters. The molecule has 15 nitrogen and oxygen atoms in total. The summed E-state index contributed by atoms with van der Waals surface area (Å²) in [6.45, 7) is 11.3. The van der Waals surface area contributed by atoms with Gasteiger partial charge in [-0.25, -0.2) is 4.79 Å². The average Bonchev–Trinajstić information content (AvgIpc) is 3.53. The molecule has 62 heavy (non-hydrogen) atoms. The van der Waals surface area contributed by atoms with Crippen molar-refractivity contribution in [2.24, 2.45) is 17.1 Å². The van der Waals surface area contributed by atoms with Gasteiger partial charge in [0.05, 0.1) is 18.9 Å². The van der Waals surface area contributed by atoms with Gasteiger partial charge >= 0.3 is 5.97 Å². The number of carbonyl (C=O) groups excluding carboxylic acids is 4. The van der Waals surface area contributed by atoms with E-state index in [2.05, 4.69) is 39.4 Å². The fourth-order valence-electron chi connectivity index (χ4n) is 8.91. The van der Waals surface area contributed by atoms with Crippen LogP contribution >= 0.6 is 0 Å². The number of hydrazine groups is 1. The van der Waals surface area contributed by atoms with E-state index in [1.165, 1.54) is 4.90 Å². The molecule has 2 aliphatic heterocycles. The van der Waals surface area contributed by atoms with Crippen molar-refractivity contribution in [1.29, 1.82) is 0 Å². The lowest BCUT2D eigenvalue weighted by molar-refractivity contribution is -0.189. The van der Waals surface area contributed by atoms with E-state index in [-0.39, 0.29) is 56.4 Å². The number of phenols is 1. The van der Waals surface area contributed by atoms with Crippen molar-refractivity contribution >= 4 is 34.6 Å². The summed E-state index contributed by atoms with van der Waals surface area (Å²) in [5.74, 6) is -2.65. The van der Waals surface area contributed by atoms with Crippen molar-refractivity contribution in [1.82, 2.24) is 30.2 Å². The number of aryl methyl sites for hydroxylation is 1. The number of nitrogens with one attached hydrogen (secondary N) is 2. The number of aromatic nitrogens is 2. The highest BCUT2D eigenvalue weighted by Crippen LogP contribution is 2.41. The molecule has 0 radical (unpaired) electrons. The first-order chi connectivity index (χ1) is 29.5. The first kappa shape index (κ1) is 46.2. The van der Waals surface area contributed by atoms with Gasteiger partial charge in [0.15, 0.2) is 0 Å². The smallest absolute Gasteiger partial charge is 0.355 e. The third kappa shape index (κ3) is 9.96. The molecule has 1 fully saturated rings. The first-order valence-corrected chi connectivity index (χ1v) is 21.7. The molecule has 334 valence electrons. The van der Waals surface area contributed by atoms with Crippen LogP contribution in [0.25, 0.3) is 33.3 Å². The molecule has 1 saturated heterocycles. The Hall–Kier alpha value is -5.35. The molecule has 6 N–H and O–H groups in total. The third-order valence-electron chi connectivity index (χ3n) is 12.0. The Morgan fingerprint density at radius 2 is 1.90 bits per heavy atom. The first-order valence-electron chi connectivity index (χ1n) is 21.7. The number of amides is 3. The van der Waals surface area contributed by atoms with Gasteiger partial charge in [0.1, 0.15) is 17.8 Å². The van der Waals surface area contributed by atoms with Gasteiger partial charge in [0.2, 0.25) is 17.5 Å². The van der Waals surface area contributed by atoms with Gasteiger partial charge in [-0.2, -0.15) is 5.43 Å². The monoisotopic (exact) mass is 853 g/mol. The van der Waals surface area contributed by atoms with Crippen LogP contribution in [0.2, 0.25) is 0 Å². The van der Waals surface area contributed by atoms with Gasteiger partial charge < -0.3 is 40.2 Å². The Labute approximate surface area is 363 Å². The van der Waals surface area contributed by atoms with E-state index in [0.29, 0.717) is 50.1 Å². The number of cyclic esters (lactones) is 1. The zero-order chi connectivity index (χ0) is 44.9. The molecule has 2 aromatic heterocycles. The number of phenolic OH excluding ortho intramolecular Hbond substituents is 1. The number of rotatable bonds is 12. The molecule has 2 aliphatic rings. The minimum atomic E-state index is -2.23. The van der Waals surface area contributed by atoms with Crippen molar-refractivity contribution in [3.63, 3.8) is 0 Å². The Morgan fingerprint density at radius 1 is 1.13 bits per heavy atom. The second-order valence-electron chi connectivity index (χ2n) is 17.8. The number of likely N-dealkylation sites (N-methyl/N-ethyl adjacent to an activating group) is 1. The van der Waals surface area contributed by atoms with Crippen molar-refractivity contribution in [3.8, 4) is 28.1 Å². The molecule has 0 saturated carbocycles. The predicted octanol–water partition coefficient (Wildman–Crippen LogP) is 4.82. The predicted molar refractivity (Wildman–Crippen MR) is 236 cm³/mol. The average molecular weight is 854 g/mol. The van der Waals surface area contributed by atoms with Gasteiger partial charge in [0, 0.05) is 80.8 Å². The normalized spacial score (nSPS) is 19.8. The van der Waals surface area contributed by atoms with E-state index < -0.39 is 41.0 Å². The highest BCUT2D eigenvalue weighted by atomic mass is 16.6. The molecule has 2 aromatic carbocycles. The van der Waals surface area contributed by atoms with E-state index in [0.717, 1.165) is 43.9 Å². The summed E-state index contributed by atoms with van der Waals surface area (Å²) >= 11 is 0. The number of pyridine rings is 1. The standard InChI is InChI=1S/C47H63N7O8/c1-8-53-39-14-13-31-24-35(39)36(42(53)37-26-49-18-15-32(37)27-61-7)25-46(4,5)28-62-45(59)47(60)16-11-19-54(51-47)44(58)38(22-30-20-33(31)23-34(55)21-30)50-43(57)41(29(2)3)52(6)40(56)12-9-10-17-48/h13-15,18,20-21,23-24,26,29,38,41,51,55,60H,8-12,16-17,19,22,25,27-28,48H2,1-7H3,(H,50,57)/t38-,41-,47-/m0/s1. The molecule has 6 rings (SSSR count). The fourth-order valence-corrected chi connectivity index (χ4v) is 8.91. The van der Waals surface area contributed by atoms with Gasteiger partial charge in [0.25, 0.3) is 5.91 Å². The number of unbranched alkanes of at least 4 members (excludes halogenated alkanes) is 1. The maximum Gasteiger partial charge on any atom is 0.355 e. The van der Waals surface area contributed by atoms with Crippen LogP contribution in [0.5, 0.6) is 5.75 Å². The lowest BCUT2D eigenvalue weighted by Crippen LogP contribution is -2.67. The van der Waals surface area contributed by atoms with E-state index >= 15 is 0 Å². The van der Waals surface area contributed by atoms with Crippen LogP contribution in [-0.4, -0.2) is 105 Å². The maximum atomic E-state index is 14.6. The molecule has 0 aliphatic carbocycles. The molecule has 4 aromatic rings. The van der Waals surface area contributed by atoms with E-state index in [1.807, 2.05) is 52.1 Å². The summed E-state index contributed by atoms with van der Waals surface area (Å²) in [5.41, 5.74) is 12.4. The topological polar surface area (TPSA) is 202 Å². The second kappa shape index (κ2) is 19.4. The number of hydrogen-bond acceptors (Lipinski definition) is 11. The highest BCUT2D eigenvalue weighted by molar-refractivity contribution is 5.96. The van der Waals surface area contributed by atoms with Crippen LogP contribution in [0.4, 0.5) is 0 Å². The molecular weight excluding hydrogens is 791 g/mol. The van der Waals surface area contributed by atoms with E-state index in [4.69, 9.17) is 15.2 Å². The minimum Gasteiger partial charge on any atom is -0.508 e. The fraction of sp³-hybridized carbons (Fsp3) is 0.511. The Morgan fingerprint density at radius 3 is 2.61 bits per heavy atom. The quantitative estimate of drug-likeness (QED) is 0.0967.